The lowest BCUT2D eigenvalue weighted by Gasteiger charge is -2.38. The lowest BCUT2D eigenvalue weighted by molar-refractivity contribution is 0.129. The molecule has 6 N–H and O–H groups in total. The fraction of sp³-hybridized carbons (Fsp3) is 0.333. The number of halogens is 2. The van der Waals surface area contributed by atoms with Gasteiger partial charge >= 0.3 is 0 Å². The highest BCUT2D eigenvalue weighted by Crippen LogP contribution is 2.42. The number of ether oxygens (including phenoxy) is 2. The zero-order valence-electron chi connectivity index (χ0n) is 26.9. The van der Waals surface area contributed by atoms with Crippen molar-refractivity contribution in [3.63, 3.8) is 0 Å². The molecule has 16 nitrogen and oxygen atoms in total. The van der Waals surface area contributed by atoms with Gasteiger partial charge in [0.05, 0.1) is 48.0 Å². The van der Waals surface area contributed by atoms with Crippen LogP contribution in [0.3, 0.4) is 0 Å². The van der Waals surface area contributed by atoms with Gasteiger partial charge in [-0.15, -0.1) is 0 Å². The van der Waals surface area contributed by atoms with Crippen molar-refractivity contribution in [3.8, 4) is 45.4 Å². The zero-order chi connectivity index (χ0) is 35.8. The third kappa shape index (κ3) is 8.31. The first-order valence-electron chi connectivity index (χ1n) is 15.1. The molecule has 2 aliphatic rings. The molecule has 266 valence electrons. The standard InChI is InChI=1S/C30H34Cl2N10O6S2/c1-47-29-25(15-41-11-17(12-41)39-49(33,43)44)35-9-23(37-29)21-7-3-5-19(27(21)31)20-6-4-8-22(28(20)32)24-10-36-26(30(38-24)48-2)16-42-13-18(14-42)40-50(34,45)46/h3-10,17-18,39-40H,11-16H2,1-2H3,(H2,33,43,44)(H2,34,45,46). The SMILES string of the molecule is COc1nc(-c2cccc(-c3cccc(-c4cnc(CN5CC(NS(N)(=O)=O)C5)c(OC)n4)c3Cl)c2Cl)cnc1CN1CC(NS(N)(=O)=O)C1. The average molecular weight is 766 g/mol. The number of methoxy groups -OCH3 is 2. The monoisotopic (exact) mass is 764 g/mol. The minimum Gasteiger partial charge on any atom is -0.480 e. The van der Waals surface area contributed by atoms with Crippen LogP contribution in [0, 0.1) is 0 Å². The molecule has 50 heavy (non-hydrogen) atoms. The van der Waals surface area contributed by atoms with Crippen LogP contribution in [0.25, 0.3) is 33.6 Å². The van der Waals surface area contributed by atoms with Gasteiger partial charge in [0.1, 0.15) is 11.4 Å². The Morgan fingerprint density at radius 3 is 1.40 bits per heavy atom. The first kappa shape index (κ1) is 36.2. The van der Waals surface area contributed by atoms with E-state index in [1.54, 1.807) is 12.4 Å². The molecule has 2 saturated heterocycles. The van der Waals surface area contributed by atoms with Gasteiger partial charge in [-0.2, -0.15) is 26.3 Å². The number of hydrogen-bond acceptors (Lipinski definition) is 12. The molecule has 0 atom stereocenters. The fourth-order valence-corrected chi connectivity index (χ4v) is 7.78. The molecule has 4 aromatic rings. The molecule has 2 fully saturated rings. The number of nitrogens with two attached hydrogens (primary N) is 2. The summed E-state index contributed by atoms with van der Waals surface area (Å²) >= 11 is 14.0. The van der Waals surface area contributed by atoms with E-state index in [1.807, 2.05) is 46.2 Å². The van der Waals surface area contributed by atoms with Crippen molar-refractivity contribution in [1.29, 1.82) is 0 Å². The van der Waals surface area contributed by atoms with Crippen molar-refractivity contribution in [2.24, 2.45) is 10.3 Å². The summed E-state index contributed by atoms with van der Waals surface area (Å²) in [4.78, 5) is 22.5. The Bertz CT molecular complexity index is 1980. The second-order valence-corrected chi connectivity index (χ2v) is 15.3. The summed E-state index contributed by atoms with van der Waals surface area (Å²) in [7, 11) is -4.54. The van der Waals surface area contributed by atoms with E-state index < -0.39 is 20.4 Å². The molecule has 4 heterocycles. The van der Waals surface area contributed by atoms with E-state index in [0.717, 1.165) is 0 Å². The van der Waals surface area contributed by atoms with Gasteiger partial charge in [-0.25, -0.2) is 20.2 Å². The van der Waals surface area contributed by atoms with Gasteiger partial charge in [-0.1, -0.05) is 59.6 Å². The minimum atomic E-state index is -3.77. The number of hydrogen-bond donors (Lipinski definition) is 4. The smallest absolute Gasteiger partial charge is 0.274 e. The highest BCUT2D eigenvalue weighted by Gasteiger charge is 2.31. The number of benzene rings is 2. The van der Waals surface area contributed by atoms with Crippen molar-refractivity contribution in [1.82, 2.24) is 39.2 Å². The minimum absolute atomic E-state index is 0.265. The first-order valence-corrected chi connectivity index (χ1v) is 19.0. The number of nitrogens with one attached hydrogen (secondary N) is 2. The van der Waals surface area contributed by atoms with Crippen LogP contribution in [0.15, 0.2) is 48.8 Å². The third-order valence-electron chi connectivity index (χ3n) is 8.17. The van der Waals surface area contributed by atoms with Crippen LogP contribution in [0.5, 0.6) is 11.8 Å². The van der Waals surface area contributed by atoms with Crippen LogP contribution in [0.2, 0.25) is 10.0 Å². The summed E-state index contributed by atoms with van der Waals surface area (Å²) < 4.78 is 61.0. The Labute approximate surface area is 299 Å². The van der Waals surface area contributed by atoms with E-state index in [0.29, 0.717) is 106 Å². The van der Waals surface area contributed by atoms with Gasteiger partial charge in [0.25, 0.3) is 20.4 Å². The summed E-state index contributed by atoms with van der Waals surface area (Å²) in [6, 6.07) is 10.5. The van der Waals surface area contributed by atoms with Gasteiger partial charge in [0, 0.05) is 73.6 Å². The number of rotatable bonds is 13. The van der Waals surface area contributed by atoms with E-state index in [2.05, 4.69) is 29.4 Å². The van der Waals surface area contributed by atoms with Crippen LogP contribution >= 0.6 is 23.2 Å². The predicted molar refractivity (Wildman–Crippen MR) is 188 cm³/mol. The number of likely N-dealkylation sites (tertiary alicyclic amines) is 2. The molecule has 6 rings (SSSR count). The van der Waals surface area contributed by atoms with Gasteiger partial charge in [-0.3, -0.25) is 19.8 Å². The van der Waals surface area contributed by atoms with Crippen molar-refractivity contribution >= 4 is 43.6 Å². The quantitative estimate of drug-likeness (QED) is 0.152. The highest BCUT2D eigenvalue weighted by molar-refractivity contribution is 7.87. The molecule has 0 saturated carbocycles. The van der Waals surface area contributed by atoms with Crippen LogP contribution < -0.4 is 29.2 Å². The maximum absolute atomic E-state index is 11.3. The molecule has 2 aliphatic heterocycles. The molecule has 0 spiro atoms. The van der Waals surface area contributed by atoms with Crippen LogP contribution in [0.1, 0.15) is 11.4 Å². The van der Waals surface area contributed by atoms with Crippen molar-refractivity contribution in [3.05, 3.63) is 70.2 Å². The van der Waals surface area contributed by atoms with Crippen LogP contribution in [-0.2, 0) is 33.5 Å². The van der Waals surface area contributed by atoms with Gasteiger partial charge in [0.15, 0.2) is 0 Å². The lowest BCUT2D eigenvalue weighted by Crippen LogP contribution is -2.59. The second-order valence-electron chi connectivity index (χ2n) is 11.9. The Hall–Kier alpha value is -3.56. The van der Waals surface area contributed by atoms with Crippen molar-refractivity contribution in [2.45, 2.75) is 25.2 Å². The van der Waals surface area contributed by atoms with Crippen LogP contribution in [-0.4, -0.2) is 99.1 Å². The summed E-state index contributed by atoms with van der Waals surface area (Å²) in [5, 5.41) is 10.9. The van der Waals surface area contributed by atoms with Crippen molar-refractivity contribution < 1.29 is 26.3 Å². The predicted octanol–water partition coefficient (Wildman–Crippen LogP) is 1.55. The molecule has 0 unspecified atom stereocenters. The largest absolute Gasteiger partial charge is 0.480 e. The first-order chi connectivity index (χ1) is 23.7. The fourth-order valence-electron chi connectivity index (χ4n) is 5.91. The van der Waals surface area contributed by atoms with Gasteiger partial charge < -0.3 is 9.47 Å². The zero-order valence-corrected chi connectivity index (χ0v) is 30.0. The molecule has 0 aliphatic carbocycles. The number of nitrogens with zero attached hydrogens (tertiary/aromatic N) is 6. The normalized spacial score (nSPS) is 16.2. The summed E-state index contributed by atoms with van der Waals surface area (Å²) in [5.74, 6) is 0.633. The van der Waals surface area contributed by atoms with Crippen molar-refractivity contribution in [2.75, 3.05) is 40.4 Å². The van der Waals surface area contributed by atoms with Gasteiger partial charge in [0.2, 0.25) is 11.8 Å². The summed E-state index contributed by atoms with van der Waals surface area (Å²) in [6.45, 7) is 2.70. The third-order valence-corrected chi connectivity index (χ3v) is 10.3. The highest BCUT2D eigenvalue weighted by atomic mass is 35.5. The molecule has 2 aromatic carbocycles. The average Bonchev–Trinajstić information content (AvgIpc) is 3.02. The van der Waals surface area contributed by atoms with E-state index in [-0.39, 0.29) is 12.1 Å². The molecule has 0 bridgehead atoms. The van der Waals surface area contributed by atoms with E-state index >= 15 is 0 Å². The lowest BCUT2D eigenvalue weighted by atomic mass is 9.98. The molecule has 0 amide bonds. The Balaban J connectivity index is 1.21. The topological polar surface area (TPSA) is 221 Å². The summed E-state index contributed by atoms with van der Waals surface area (Å²) in [6.07, 6.45) is 3.22. The number of aromatic nitrogens is 4. The van der Waals surface area contributed by atoms with Crippen LogP contribution in [0.4, 0.5) is 0 Å². The molecule has 0 radical (unpaired) electrons. The maximum atomic E-state index is 11.3. The van der Waals surface area contributed by atoms with E-state index in [9.17, 15) is 16.8 Å². The molecule has 2 aromatic heterocycles. The Morgan fingerprint density at radius 1 is 0.700 bits per heavy atom. The molecule has 20 heteroatoms. The second kappa shape index (κ2) is 14.6. The molecular formula is C30H34Cl2N10O6S2. The van der Waals surface area contributed by atoms with Gasteiger partial charge in [-0.05, 0) is 0 Å². The Kier molecular flexibility index (Phi) is 10.6. The van der Waals surface area contributed by atoms with E-state index in [1.165, 1.54) is 14.2 Å². The molecular weight excluding hydrogens is 731 g/mol. The van der Waals surface area contributed by atoms with E-state index in [4.69, 9.17) is 43.0 Å². The maximum Gasteiger partial charge on any atom is 0.274 e. The summed E-state index contributed by atoms with van der Waals surface area (Å²) in [5.41, 5.74) is 4.70. The Morgan fingerprint density at radius 2 is 1.06 bits per heavy atom.